The van der Waals surface area contributed by atoms with Crippen LogP contribution in [0.25, 0.3) is 22.3 Å². The van der Waals surface area contributed by atoms with Crippen molar-refractivity contribution >= 4 is 62.8 Å². The quantitative estimate of drug-likeness (QED) is 0.143. The molecular formula is C40H49ClF2N6O8S. The van der Waals surface area contributed by atoms with E-state index in [9.17, 15) is 33.1 Å². The summed E-state index contributed by atoms with van der Waals surface area (Å²) in [5.41, 5.74) is -0.987. The molecular weight excluding hydrogens is 798 g/mol. The first-order valence-corrected chi connectivity index (χ1v) is 20.8. The third kappa shape index (κ3) is 7.83. The first-order chi connectivity index (χ1) is 27.3. The maximum Gasteiger partial charge on any atom is 0.408 e. The fraction of sp³-hybridized carbons (Fsp3) is 0.600. The molecule has 3 aromatic rings. The number of carboxylic acid groups (broad SMARTS) is 1. The summed E-state index contributed by atoms with van der Waals surface area (Å²) in [6, 6.07) is 2.88. The van der Waals surface area contributed by atoms with Gasteiger partial charge in [0.15, 0.2) is 5.13 Å². The molecule has 8 atom stereocenters. The number of aliphatic carboxylic acids is 1. The van der Waals surface area contributed by atoms with Crippen molar-refractivity contribution in [2.75, 3.05) is 19.0 Å². The van der Waals surface area contributed by atoms with Gasteiger partial charge in [-0.05, 0) is 56.6 Å². The highest BCUT2D eigenvalue weighted by atomic mass is 35.5. The summed E-state index contributed by atoms with van der Waals surface area (Å²) in [4.78, 5) is 65.3. The zero-order valence-electron chi connectivity index (χ0n) is 33.4. The van der Waals surface area contributed by atoms with E-state index in [4.69, 9.17) is 35.8 Å². The maximum absolute atomic E-state index is 14.7. The van der Waals surface area contributed by atoms with Crippen LogP contribution in [0.5, 0.6) is 11.5 Å². The Kier molecular flexibility index (Phi) is 11.0. The Morgan fingerprint density at radius 3 is 2.38 bits per heavy atom. The van der Waals surface area contributed by atoms with Crippen LogP contribution in [0.1, 0.15) is 73.6 Å². The number of methoxy groups -OCH3 is 1. The second kappa shape index (κ2) is 15.3. The van der Waals surface area contributed by atoms with E-state index in [1.165, 1.54) is 23.3 Å². The molecule has 4 fully saturated rings. The number of anilines is 1. The molecule has 3 aliphatic carbocycles. The molecule has 18 heteroatoms. The van der Waals surface area contributed by atoms with Gasteiger partial charge in [-0.15, -0.1) is 11.3 Å². The average Bonchev–Trinajstić information content (AvgIpc) is 3.58. The molecule has 314 valence electrons. The summed E-state index contributed by atoms with van der Waals surface area (Å²) in [6.45, 7) is 10.9. The minimum Gasteiger partial charge on any atom is -0.495 e. The summed E-state index contributed by atoms with van der Waals surface area (Å²) < 4.78 is 45.3. The van der Waals surface area contributed by atoms with Crippen molar-refractivity contribution in [1.82, 2.24) is 25.5 Å². The number of nitrogens with one attached hydrogen (secondary N) is 3. The van der Waals surface area contributed by atoms with E-state index in [2.05, 4.69) is 16.0 Å². The number of rotatable bonds is 13. The number of carbonyl (C=O) groups excluding carboxylic acids is 3. The Morgan fingerprint density at radius 1 is 1.07 bits per heavy atom. The Hall–Kier alpha value is -4.51. The third-order valence-electron chi connectivity index (χ3n) is 11.8. The van der Waals surface area contributed by atoms with E-state index in [0.717, 1.165) is 0 Å². The average molecular weight is 847 g/mol. The second-order valence-corrected chi connectivity index (χ2v) is 18.4. The number of fused-ring (bicyclic) bond motifs is 2. The van der Waals surface area contributed by atoms with E-state index in [0.29, 0.717) is 45.3 Å². The third-order valence-corrected chi connectivity index (χ3v) is 12.9. The number of carbonyl (C=O) groups is 4. The number of likely N-dealkylation sites (tertiary alicyclic amines) is 1. The van der Waals surface area contributed by atoms with Gasteiger partial charge in [-0.3, -0.25) is 9.59 Å². The van der Waals surface area contributed by atoms with Crippen LogP contribution in [0.4, 0.5) is 18.7 Å². The largest absolute Gasteiger partial charge is 0.495 e. The number of thiazole rings is 1. The number of nitrogens with zero attached hydrogens (tertiary/aromatic N) is 3. The number of ether oxygens (including phenoxy) is 3. The molecule has 14 nitrogen and oxygen atoms in total. The molecule has 0 spiro atoms. The van der Waals surface area contributed by atoms with Crippen LogP contribution in [-0.4, -0.2) is 99.3 Å². The van der Waals surface area contributed by atoms with Gasteiger partial charge in [0, 0.05) is 41.1 Å². The number of pyridine rings is 1. The highest BCUT2D eigenvalue weighted by Gasteiger charge is 2.72. The molecule has 2 aromatic heterocycles. The molecule has 58 heavy (non-hydrogen) atoms. The fourth-order valence-electron chi connectivity index (χ4n) is 8.43. The molecule has 0 bridgehead atoms. The van der Waals surface area contributed by atoms with Crippen molar-refractivity contribution in [3.8, 4) is 22.9 Å². The normalized spacial score (nSPS) is 27.5. The van der Waals surface area contributed by atoms with Gasteiger partial charge in [-0.1, -0.05) is 45.7 Å². The Balaban J connectivity index is 1.19. The van der Waals surface area contributed by atoms with E-state index >= 15 is 0 Å². The Morgan fingerprint density at radius 2 is 1.78 bits per heavy atom. The molecule has 1 saturated heterocycles. The van der Waals surface area contributed by atoms with E-state index in [1.807, 2.05) is 26.2 Å². The summed E-state index contributed by atoms with van der Waals surface area (Å²) in [5.74, 6) is -6.36. The van der Waals surface area contributed by atoms with E-state index in [1.54, 1.807) is 39.0 Å². The van der Waals surface area contributed by atoms with Gasteiger partial charge in [-0.2, -0.15) is 0 Å². The zero-order chi connectivity index (χ0) is 42.1. The summed E-state index contributed by atoms with van der Waals surface area (Å²) in [7, 11) is 1.49. The van der Waals surface area contributed by atoms with Gasteiger partial charge in [0.05, 0.1) is 24.9 Å². The molecule has 0 radical (unpaired) electrons. The number of alkyl halides is 2. The first kappa shape index (κ1) is 41.6. The summed E-state index contributed by atoms with van der Waals surface area (Å²) in [6.07, 6.45) is -1.59. The number of halogens is 3. The van der Waals surface area contributed by atoms with Crippen LogP contribution < -0.4 is 25.4 Å². The number of hydrogen-bond acceptors (Lipinski definition) is 11. The maximum atomic E-state index is 14.7. The smallest absolute Gasteiger partial charge is 0.408 e. The van der Waals surface area contributed by atoms with Crippen molar-refractivity contribution in [2.45, 2.75) is 115 Å². The Labute approximate surface area is 343 Å². The topological polar surface area (TPSA) is 181 Å². The van der Waals surface area contributed by atoms with Crippen molar-refractivity contribution in [2.24, 2.45) is 23.2 Å². The fourth-order valence-corrected chi connectivity index (χ4v) is 9.56. The number of hydrogen-bond donors (Lipinski definition) is 4. The van der Waals surface area contributed by atoms with Crippen LogP contribution in [0.15, 0.2) is 23.6 Å². The molecule has 4 aliphatic rings. The number of carboxylic acids is 1. The van der Waals surface area contributed by atoms with Crippen LogP contribution in [-0.2, 0) is 19.1 Å². The summed E-state index contributed by atoms with van der Waals surface area (Å²) in [5, 5.41) is 22.1. The molecule has 3 amide bonds. The monoisotopic (exact) mass is 846 g/mol. The van der Waals surface area contributed by atoms with Gasteiger partial charge in [0.2, 0.25) is 11.8 Å². The zero-order valence-corrected chi connectivity index (χ0v) is 34.9. The lowest BCUT2D eigenvalue weighted by molar-refractivity contribution is -0.146. The van der Waals surface area contributed by atoms with Gasteiger partial charge >= 0.3 is 12.1 Å². The molecule has 2 unspecified atom stereocenters. The number of aromatic nitrogens is 2. The predicted octanol–water partition coefficient (Wildman–Crippen LogP) is 6.74. The van der Waals surface area contributed by atoms with Crippen molar-refractivity contribution < 1.29 is 47.3 Å². The standard InChI is InChI=1S/C40H49ClF2N6O8S/c1-8-19-15-39(19,35(52)53)48-33(50)27-13-21(16-49(27)34(51)32(38(4,5)6)47-37(54)57-20-11-23-24(12-20)40(23,42)43)56-29-14-25(26-17-58-36(46-26)44-18(2)3)45-31-22(29)9-10-28(55-7)30(31)41/h9-10,14,17-21,23-24,27,32H,8,11-13,15-16H2,1-7H3,(H,44,46)(H,47,54)(H,48,50)(H,52,53)/t19-,20?,21-,23-,24+,27+,32?,39-/m1/s1. The SMILES string of the molecule is CC[C@@H]1C[C@]1(NC(=O)[C@@H]1C[C@@H](Oc2cc(-c3csc(NC(C)C)n3)nc3c(Cl)c(OC)ccc23)CN1C(=O)C(NC(=O)OC1C[C@@H]2[C@H](C1)C2(F)F)C(C)(C)C)C(=O)O. The molecule has 3 heterocycles. The lowest BCUT2D eigenvalue weighted by Gasteiger charge is -2.35. The molecule has 7 rings (SSSR count). The van der Waals surface area contributed by atoms with E-state index < -0.39 is 76.9 Å². The van der Waals surface area contributed by atoms with E-state index in [-0.39, 0.29) is 49.2 Å². The Bertz CT molecular complexity index is 2120. The molecule has 3 saturated carbocycles. The highest BCUT2D eigenvalue weighted by Crippen LogP contribution is 2.64. The van der Waals surface area contributed by atoms with Crippen LogP contribution in [0, 0.1) is 23.2 Å². The van der Waals surface area contributed by atoms with Crippen molar-refractivity contribution in [1.29, 1.82) is 0 Å². The minimum absolute atomic E-state index is 0.0212. The lowest BCUT2D eigenvalue weighted by atomic mass is 9.85. The molecule has 1 aliphatic heterocycles. The summed E-state index contributed by atoms with van der Waals surface area (Å²) >= 11 is 8.21. The number of benzene rings is 1. The highest BCUT2D eigenvalue weighted by molar-refractivity contribution is 7.14. The van der Waals surface area contributed by atoms with Gasteiger partial charge < -0.3 is 40.2 Å². The van der Waals surface area contributed by atoms with Gasteiger partial charge in [-0.25, -0.2) is 28.3 Å². The minimum atomic E-state index is -2.74. The number of amides is 3. The van der Waals surface area contributed by atoms with Crippen molar-refractivity contribution in [3.63, 3.8) is 0 Å². The van der Waals surface area contributed by atoms with Crippen molar-refractivity contribution in [3.05, 3.63) is 28.6 Å². The van der Waals surface area contributed by atoms with Crippen LogP contribution >= 0.6 is 22.9 Å². The predicted molar refractivity (Wildman–Crippen MR) is 212 cm³/mol. The van der Waals surface area contributed by atoms with Gasteiger partial charge in [0.25, 0.3) is 5.92 Å². The first-order valence-electron chi connectivity index (χ1n) is 19.5. The molecule has 1 aromatic carbocycles. The number of alkyl carbamates (subject to hydrolysis) is 1. The molecule has 4 N–H and O–H groups in total. The van der Waals surface area contributed by atoms with Crippen LogP contribution in [0.2, 0.25) is 5.02 Å². The lowest BCUT2D eigenvalue weighted by Crippen LogP contribution is -2.59. The second-order valence-electron chi connectivity index (χ2n) is 17.2. The van der Waals surface area contributed by atoms with Gasteiger partial charge in [0.1, 0.15) is 52.0 Å². The van der Waals surface area contributed by atoms with Crippen LogP contribution in [0.3, 0.4) is 0 Å².